The Bertz CT molecular complexity index is 551. The number of methoxy groups -OCH3 is 1. The molecule has 0 radical (unpaired) electrons. The number of rotatable bonds is 13. The zero-order valence-electron chi connectivity index (χ0n) is 17.5. The molecule has 160 valence electrons. The second-order valence-corrected chi connectivity index (χ2v) is 8.12. The van der Waals surface area contributed by atoms with E-state index in [2.05, 4.69) is 11.7 Å². The van der Waals surface area contributed by atoms with Gasteiger partial charge < -0.3 is 14.9 Å². The molecule has 1 aliphatic carbocycles. The number of ether oxygens (including phenoxy) is 1. The van der Waals surface area contributed by atoms with Crippen LogP contribution in [0, 0.1) is 11.8 Å². The minimum Gasteiger partial charge on any atom is -0.469 e. The van der Waals surface area contributed by atoms with Crippen LogP contribution in [-0.4, -0.2) is 46.6 Å². The highest BCUT2D eigenvalue weighted by Crippen LogP contribution is 2.34. The number of unbranched alkanes of at least 4 members (excludes halogenated alkanes) is 3. The van der Waals surface area contributed by atoms with Gasteiger partial charge in [0.1, 0.15) is 11.6 Å². The van der Waals surface area contributed by atoms with Crippen molar-refractivity contribution in [3.8, 4) is 0 Å². The Morgan fingerprint density at radius 1 is 1.21 bits per heavy atom. The third kappa shape index (κ3) is 8.65. The Morgan fingerprint density at radius 3 is 2.54 bits per heavy atom. The second kappa shape index (κ2) is 12.1. The van der Waals surface area contributed by atoms with Gasteiger partial charge in [-0.1, -0.05) is 38.3 Å². The molecule has 1 rings (SSSR count). The summed E-state index contributed by atoms with van der Waals surface area (Å²) in [6.07, 6.45) is 8.10. The lowest BCUT2D eigenvalue weighted by Crippen LogP contribution is -2.25. The fourth-order valence-electron chi connectivity index (χ4n) is 3.66. The van der Waals surface area contributed by atoms with Crippen LogP contribution in [0.25, 0.3) is 0 Å². The van der Waals surface area contributed by atoms with E-state index in [4.69, 9.17) is 0 Å². The molecule has 6 nitrogen and oxygen atoms in total. The predicted molar refractivity (Wildman–Crippen MR) is 107 cm³/mol. The first-order valence-corrected chi connectivity index (χ1v) is 10.4. The van der Waals surface area contributed by atoms with E-state index in [1.165, 1.54) is 7.11 Å². The number of carbonyl (C=O) groups excluding carboxylic acids is 3. The lowest BCUT2D eigenvalue weighted by molar-refractivity contribution is -0.140. The summed E-state index contributed by atoms with van der Waals surface area (Å²) in [5, 5.41) is 20.7. The molecule has 0 aliphatic heterocycles. The molecule has 0 spiro atoms. The highest BCUT2D eigenvalue weighted by molar-refractivity contribution is 5.90. The Labute approximate surface area is 168 Å². The molecule has 0 amide bonds. The fourth-order valence-corrected chi connectivity index (χ4v) is 3.66. The van der Waals surface area contributed by atoms with Crippen molar-refractivity contribution in [1.29, 1.82) is 0 Å². The van der Waals surface area contributed by atoms with E-state index < -0.39 is 23.5 Å². The van der Waals surface area contributed by atoms with Crippen molar-refractivity contribution in [2.75, 3.05) is 7.11 Å². The smallest absolute Gasteiger partial charge is 0.305 e. The van der Waals surface area contributed by atoms with Gasteiger partial charge in [0, 0.05) is 37.5 Å². The van der Waals surface area contributed by atoms with E-state index in [1.807, 2.05) is 0 Å². The van der Waals surface area contributed by atoms with Crippen LogP contribution in [0.4, 0.5) is 0 Å². The molecule has 1 fully saturated rings. The van der Waals surface area contributed by atoms with Crippen LogP contribution in [0.5, 0.6) is 0 Å². The molecule has 0 aromatic heterocycles. The molecule has 1 unspecified atom stereocenters. The fraction of sp³-hybridized carbons (Fsp3) is 0.773. The van der Waals surface area contributed by atoms with E-state index >= 15 is 0 Å². The van der Waals surface area contributed by atoms with Gasteiger partial charge in [0.15, 0.2) is 0 Å². The van der Waals surface area contributed by atoms with Crippen molar-refractivity contribution in [3.05, 3.63) is 12.2 Å². The average Bonchev–Trinajstić information content (AvgIpc) is 2.89. The number of hydrogen-bond donors (Lipinski definition) is 2. The molecular weight excluding hydrogens is 360 g/mol. The highest BCUT2D eigenvalue weighted by atomic mass is 16.5. The van der Waals surface area contributed by atoms with Crippen molar-refractivity contribution in [1.82, 2.24) is 0 Å². The molecule has 0 aromatic rings. The molecule has 0 heterocycles. The van der Waals surface area contributed by atoms with E-state index in [0.717, 1.165) is 19.3 Å². The van der Waals surface area contributed by atoms with Crippen molar-refractivity contribution in [2.24, 2.45) is 11.8 Å². The van der Waals surface area contributed by atoms with Crippen molar-refractivity contribution in [2.45, 2.75) is 89.8 Å². The predicted octanol–water partition coefficient (Wildman–Crippen LogP) is 3.13. The maximum atomic E-state index is 12.3. The topological polar surface area (TPSA) is 101 Å². The van der Waals surface area contributed by atoms with Gasteiger partial charge in [0.05, 0.1) is 18.8 Å². The first-order valence-electron chi connectivity index (χ1n) is 10.4. The number of aliphatic hydroxyl groups excluding tert-OH is 1. The standard InChI is InChI=1S/C22H36O6/c1-4-5-8-12-22(2,27)13-11-17-18(20(25)15-19(17)24)14-16(23)9-6-7-10-21(26)28-3/h11,13,17-19,24,27H,4-10,12,14-15H2,1-3H3/b13-11+/t17-,18-,19-,22?/m1/s1. The van der Waals surface area contributed by atoms with Gasteiger partial charge in [-0.3, -0.25) is 14.4 Å². The third-order valence-corrected chi connectivity index (χ3v) is 5.46. The SMILES string of the molecule is CCCCCC(C)(O)/C=C/[C@H]1[C@H](O)CC(=O)[C@@H]1CC(=O)CCCCC(=O)OC. The molecule has 1 saturated carbocycles. The molecule has 1 aliphatic rings. The summed E-state index contributed by atoms with van der Waals surface area (Å²) in [5.41, 5.74) is -0.983. The number of hydrogen-bond acceptors (Lipinski definition) is 6. The van der Waals surface area contributed by atoms with Gasteiger partial charge in [0.25, 0.3) is 0 Å². The Hall–Kier alpha value is -1.53. The molecule has 0 bridgehead atoms. The first kappa shape index (κ1) is 24.5. The number of carbonyl (C=O) groups is 3. The van der Waals surface area contributed by atoms with Gasteiger partial charge in [-0.25, -0.2) is 0 Å². The summed E-state index contributed by atoms with van der Waals surface area (Å²) in [6, 6.07) is 0. The number of esters is 1. The van der Waals surface area contributed by atoms with E-state index in [1.54, 1.807) is 19.1 Å². The van der Waals surface area contributed by atoms with Gasteiger partial charge in [-0.15, -0.1) is 0 Å². The molecule has 0 saturated heterocycles. The van der Waals surface area contributed by atoms with E-state index in [0.29, 0.717) is 25.7 Å². The molecule has 6 heteroatoms. The normalized spacial score (nSPS) is 24.5. The van der Waals surface area contributed by atoms with Crippen molar-refractivity contribution < 1.29 is 29.3 Å². The van der Waals surface area contributed by atoms with Crippen LogP contribution < -0.4 is 0 Å². The Morgan fingerprint density at radius 2 is 1.89 bits per heavy atom. The third-order valence-electron chi connectivity index (χ3n) is 5.46. The Kier molecular flexibility index (Phi) is 10.6. The minimum atomic E-state index is -0.983. The summed E-state index contributed by atoms with van der Waals surface area (Å²) >= 11 is 0. The lowest BCUT2D eigenvalue weighted by atomic mass is 9.86. The van der Waals surface area contributed by atoms with Crippen LogP contribution in [0.1, 0.15) is 78.1 Å². The first-order chi connectivity index (χ1) is 13.2. The minimum absolute atomic E-state index is 0.0366. The maximum Gasteiger partial charge on any atom is 0.305 e. The molecule has 2 N–H and O–H groups in total. The van der Waals surface area contributed by atoms with Gasteiger partial charge >= 0.3 is 5.97 Å². The van der Waals surface area contributed by atoms with Crippen LogP contribution >= 0.6 is 0 Å². The average molecular weight is 397 g/mol. The largest absolute Gasteiger partial charge is 0.469 e. The van der Waals surface area contributed by atoms with Crippen molar-refractivity contribution in [3.63, 3.8) is 0 Å². The van der Waals surface area contributed by atoms with Gasteiger partial charge in [0.2, 0.25) is 0 Å². The number of ketones is 2. The van der Waals surface area contributed by atoms with Crippen molar-refractivity contribution >= 4 is 17.5 Å². The number of aliphatic hydroxyl groups is 2. The van der Waals surface area contributed by atoms with Crippen LogP contribution in [0.2, 0.25) is 0 Å². The van der Waals surface area contributed by atoms with E-state index in [9.17, 15) is 24.6 Å². The van der Waals surface area contributed by atoms with Crippen LogP contribution in [0.15, 0.2) is 12.2 Å². The highest BCUT2D eigenvalue weighted by Gasteiger charge is 2.41. The van der Waals surface area contributed by atoms with Crippen LogP contribution in [0.3, 0.4) is 0 Å². The molecule has 28 heavy (non-hydrogen) atoms. The summed E-state index contributed by atoms with van der Waals surface area (Å²) in [7, 11) is 1.33. The monoisotopic (exact) mass is 396 g/mol. The molecular formula is C22H36O6. The van der Waals surface area contributed by atoms with E-state index in [-0.39, 0.29) is 36.8 Å². The van der Waals surface area contributed by atoms with Gasteiger partial charge in [-0.2, -0.15) is 0 Å². The summed E-state index contributed by atoms with van der Waals surface area (Å²) in [4.78, 5) is 35.6. The molecule has 0 aromatic carbocycles. The zero-order chi connectivity index (χ0) is 21.2. The maximum absolute atomic E-state index is 12.3. The van der Waals surface area contributed by atoms with Gasteiger partial charge in [-0.05, 0) is 26.2 Å². The summed E-state index contributed by atoms with van der Waals surface area (Å²) < 4.78 is 4.57. The summed E-state index contributed by atoms with van der Waals surface area (Å²) in [6.45, 7) is 3.83. The molecule has 4 atom stereocenters. The summed E-state index contributed by atoms with van der Waals surface area (Å²) in [5.74, 6) is -1.41. The zero-order valence-corrected chi connectivity index (χ0v) is 17.5. The Balaban J connectivity index is 2.58. The number of Topliss-reactive ketones (excluding diaryl/α,β-unsaturated/α-hetero) is 2. The second-order valence-electron chi connectivity index (χ2n) is 8.12. The van der Waals surface area contributed by atoms with Crippen LogP contribution in [-0.2, 0) is 19.1 Å². The quantitative estimate of drug-likeness (QED) is 0.282. The lowest BCUT2D eigenvalue weighted by Gasteiger charge is -2.22.